The van der Waals surface area contributed by atoms with Crippen molar-refractivity contribution in [3.8, 4) is 0 Å². The summed E-state index contributed by atoms with van der Waals surface area (Å²) in [5.74, 6) is -0.501. The lowest BCUT2D eigenvalue weighted by molar-refractivity contribution is -0.117. The van der Waals surface area contributed by atoms with Gasteiger partial charge >= 0.3 is 6.03 Å². The zero-order chi connectivity index (χ0) is 16.8. The van der Waals surface area contributed by atoms with E-state index in [4.69, 9.17) is 0 Å². The van der Waals surface area contributed by atoms with E-state index in [1.54, 1.807) is 31.3 Å². The highest BCUT2D eigenvalue weighted by Crippen LogP contribution is 2.16. The summed E-state index contributed by atoms with van der Waals surface area (Å²) >= 11 is 1.09. The number of nitrogens with zero attached hydrogens (tertiary/aromatic N) is 2. The van der Waals surface area contributed by atoms with E-state index in [-0.39, 0.29) is 17.9 Å². The van der Waals surface area contributed by atoms with Crippen LogP contribution in [0.5, 0.6) is 0 Å². The van der Waals surface area contributed by atoms with E-state index in [0.717, 1.165) is 11.8 Å². The molecule has 0 spiro atoms. The van der Waals surface area contributed by atoms with Crippen LogP contribution in [-0.4, -0.2) is 33.8 Å². The maximum atomic E-state index is 12.2. The van der Waals surface area contributed by atoms with Gasteiger partial charge in [0.25, 0.3) is 5.56 Å². The van der Waals surface area contributed by atoms with E-state index >= 15 is 0 Å². The van der Waals surface area contributed by atoms with Crippen molar-refractivity contribution in [2.45, 2.75) is 5.16 Å². The first-order chi connectivity index (χ1) is 11.0. The maximum Gasteiger partial charge on any atom is 0.321 e. The minimum Gasteiger partial charge on any atom is -0.334 e. The molecule has 7 nitrogen and oxygen atoms in total. The Labute approximate surface area is 136 Å². The molecular weight excluding hydrogens is 316 g/mol. The number of benzene rings is 1. The summed E-state index contributed by atoms with van der Waals surface area (Å²) in [4.78, 5) is 39.7. The highest BCUT2D eigenvalue weighted by Gasteiger charge is 2.12. The van der Waals surface area contributed by atoms with Crippen LogP contribution in [0.4, 0.5) is 4.79 Å². The molecular formula is C15H16N4O3S. The lowest BCUT2D eigenvalue weighted by atomic mass is 10.2. The lowest BCUT2D eigenvalue weighted by Gasteiger charge is -2.08. The third-order valence-electron chi connectivity index (χ3n) is 2.93. The Morgan fingerprint density at radius 3 is 2.87 bits per heavy atom. The first kappa shape index (κ1) is 16.8. The second kappa shape index (κ2) is 7.59. The first-order valence-electron chi connectivity index (χ1n) is 6.80. The van der Waals surface area contributed by atoms with Gasteiger partial charge in [0.1, 0.15) is 0 Å². The Kier molecular flexibility index (Phi) is 5.53. The molecule has 0 aliphatic carbocycles. The van der Waals surface area contributed by atoms with Gasteiger partial charge in [-0.3, -0.25) is 19.5 Å². The highest BCUT2D eigenvalue weighted by atomic mass is 32.2. The molecule has 1 aromatic heterocycles. The van der Waals surface area contributed by atoms with Gasteiger partial charge in [0.2, 0.25) is 5.91 Å². The number of hydrogen-bond acceptors (Lipinski definition) is 5. The maximum absolute atomic E-state index is 12.2. The van der Waals surface area contributed by atoms with Crippen molar-refractivity contribution in [1.29, 1.82) is 0 Å². The van der Waals surface area contributed by atoms with Crippen LogP contribution in [0.2, 0.25) is 0 Å². The molecule has 0 aliphatic rings. The van der Waals surface area contributed by atoms with Crippen molar-refractivity contribution in [2.75, 3.05) is 12.3 Å². The molecule has 2 rings (SSSR count). The zero-order valence-electron chi connectivity index (χ0n) is 12.5. The van der Waals surface area contributed by atoms with Crippen LogP contribution >= 0.6 is 11.8 Å². The average molecular weight is 332 g/mol. The van der Waals surface area contributed by atoms with Crippen LogP contribution in [-0.2, 0) is 11.8 Å². The molecule has 8 heteroatoms. The summed E-state index contributed by atoms with van der Waals surface area (Å²) in [5, 5.41) is 5.55. The number of para-hydroxylation sites is 1. The molecule has 0 bridgehead atoms. The second-order valence-electron chi connectivity index (χ2n) is 4.61. The highest BCUT2D eigenvalue weighted by molar-refractivity contribution is 7.99. The third kappa shape index (κ3) is 4.19. The first-order valence-corrected chi connectivity index (χ1v) is 7.78. The van der Waals surface area contributed by atoms with Crippen molar-refractivity contribution in [2.24, 2.45) is 7.05 Å². The van der Waals surface area contributed by atoms with Crippen molar-refractivity contribution in [1.82, 2.24) is 20.2 Å². The van der Waals surface area contributed by atoms with Gasteiger partial charge in [-0.05, 0) is 12.1 Å². The number of fused-ring (bicyclic) bond motifs is 1. The molecule has 0 fully saturated rings. The summed E-state index contributed by atoms with van der Waals surface area (Å²) in [6.07, 6.45) is 1.51. The van der Waals surface area contributed by atoms with Crippen molar-refractivity contribution >= 4 is 34.6 Å². The molecule has 0 saturated carbocycles. The van der Waals surface area contributed by atoms with E-state index < -0.39 is 11.9 Å². The summed E-state index contributed by atoms with van der Waals surface area (Å²) in [5.41, 5.74) is 0.393. The van der Waals surface area contributed by atoms with Gasteiger partial charge in [-0.15, -0.1) is 6.58 Å². The summed E-state index contributed by atoms with van der Waals surface area (Å²) in [6, 6.07) is 6.42. The molecule has 2 N–H and O–H groups in total. The van der Waals surface area contributed by atoms with Gasteiger partial charge in [-0.2, -0.15) is 0 Å². The Hall–Kier alpha value is -2.61. The molecule has 1 heterocycles. The predicted octanol–water partition coefficient (Wildman–Crippen LogP) is 1.04. The van der Waals surface area contributed by atoms with E-state index in [2.05, 4.69) is 22.2 Å². The number of thioether (sulfide) groups is 1. The number of rotatable bonds is 5. The quantitative estimate of drug-likeness (QED) is 0.485. The fourth-order valence-electron chi connectivity index (χ4n) is 1.83. The summed E-state index contributed by atoms with van der Waals surface area (Å²) in [6.45, 7) is 3.73. The van der Waals surface area contributed by atoms with Crippen LogP contribution in [0.25, 0.3) is 10.9 Å². The molecule has 1 aromatic carbocycles. The number of hydrogen-bond donors (Lipinski definition) is 2. The molecule has 0 aliphatic heterocycles. The molecule has 0 unspecified atom stereocenters. The van der Waals surface area contributed by atoms with Gasteiger partial charge in [-0.1, -0.05) is 30.0 Å². The van der Waals surface area contributed by atoms with Crippen molar-refractivity contribution in [3.05, 3.63) is 47.3 Å². The van der Waals surface area contributed by atoms with E-state index in [0.29, 0.717) is 16.1 Å². The van der Waals surface area contributed by atoms with E-state index in [9.17, 15) is 14.4 Å². The fourth-order valence-corrected chi connectivity index (χ4v) is 2.60. The van der Waals surface area contributed by atoms with Gasteiger partial charge in [0.05, 0.1) is 16.7 Å². The Bertz CT molecular complexity index is 816. The molecule has 2 aromatic rings. The standard InChI is InChI=1S/C15H16N4O3S/c1-3-8-16-14(22)18-12(20)9-23-15-17-11-7-5-4-6-10(11)13(21)19(15)2/h3-7H,1,8-9H2,2H3,(H2,16,18,20,22). The second-order valence-corrected chi connectivity index (χ2v) is 5.55. The molecule has 0 saturated heterocycles. The Balaban J connectivity index is 2.06. The van der Waals surface area contributed by atoms with E-state index in [1.165, 1.54) is 10.6 Å². The predicted molar refractivity (Wildman–Crippen MR) is 89.4 cm³/mol. The van der Waals surface area contributed by atoms with Crippen LogP contribution in [0, 0.1) is 0 Å². The number of carbonyl (C=O) groups excluding carboxylic acids is 2. The van der Waals surface area contributed by atoms with Gasteiger partial charge in [-0.25, -0.2) is 9.78 Å². The van der Waals surface area contributed by atoms with Crippen LogP contribution in [0.3, 0.4) is 0 Å². The number of nitrogens with one attached hydrogen (secondary N) is 2. The minimum absolute atomic E-state index is 0.0276. The molecule has 0 atom stereocenters. The number of amides is 3. The minimum atomic E-state index is -0.587. The van der Waals surface area contributed by atoms with Crippen molar-refractivity contribution in [3.63, 3.8) is 0 Å². The zero-order valence-corrected chi connectivity index (χ0v) is 13.4. The Morgan fingerprint density at radius 1 is 1.39 bits per heavy atom. The van der Waals surface area contributed by atoms with Crippen LogP contribution in [0.15, 0.2) is 46.9 Å². The van der Waals surface area contributed by atoms with Gasteiger partial charge < -0.3 is 5.32 Å². The number of urea groups is 1. The average Bonchev–Trinajstić information content (AvgIpc) is 2.55. The van der Waals surface area contributed by atoms with Gasteiger partial charge in [0.15, 0.2) is 5.16 Å². The fraction of sp³-hybridized carbons (Fsp3) is 0.200. The largest absolute Gasteiger partial charge is 0.334 e. The molecule has 0 radical (unpaired) electrons. The monoisotopic (exact) mass is 332 g/mol. The van der Waals surface area contributed by atoms with Crippen LogP contribution in [0.1, 0.15) is 0 Å². The summed E-state index contributed by atoms with van der Waals surface area (Å²) in [7, 11) is 1.60. The molecule has 23 heavy (non-hydrogen) atoms. The Morgan fingerprint density at radius 2 is 2.13 bits per heavy atom. The lowest BCUT2D eigenvalue weighted by Crippen LogP contribution is -2.40. The normalized spacial score (nSPS) is 10.3. The number of imide groups is 1. The SMILES string of the molecule is C=CCNC(=O)NC(=O)CSc1nc2ccccc2c(=O)n1C. The summed E-state index contributed by atoms with van der Waals surface area (Å²) < 4.78 is 1.39. The number of aromatic nitrogens is 2. The van der Waals surface area contributed by atoms with E-state index in [1.807, 2.05) is 0 Å². The smallest absolute Gasteiger partial charge is 0.321 e. The third-order valence-corrected chi connectivity index (χ3v) is 3.96. The van der Waals surface area contributed by atoms with Crippen LogP contribution < -0.4 is 16.2 Å². The topological polar surface area (TPSA) is 93.1 Å². The van der Waals surface area contributed by atoms with Gasteiger partial charge in [0, 0.05) is 13.6 Å². The number of carbonyl (C=O) groups is 2. The molecule has 120 valence electrons. The molecule has 3 amide bonds. The van der Waals surface area contributed by atoms with Crippen molar-refractivity contribution < 1.29 is 9.59 Å².